The Bertz CT molecular complexity index is 1060. The molecule has 0 radical (unpaired) electrons. The van der Waals surface area contributed by atoms with Gasteiger partial charge in [-0.1, -0.05) is 12.1 Å². The largest absolute Gasteiger partial charge is 0.493 e. The number of para-hydroxylation sites is 1. The summed E-state index contributed by atoms with van der Waals surface area (Å²) in [5, 5.41) is 8.03. The number of hydrogen-bond donors (Lipinski definition) is 1. The maximum absolute atomic E-state index is 12.4. The summed E-state index contributed by atoms with van der Waals surface area (Å²) in [7, 11) is 3.39. The maximum atomic E-state index is 12.4. The molecule has 0 saturated heterocycles. The van der Waals surface area contributed by atoms with Crippen LogP contribution in [0, 0.1) is 0 Å². The average molecular weight is 351 g/mol. The number of rotatable bonds is 5. The van der Waals surface area contributed by atoms with Crippen molar-refractivity contribution >= 4 is 16.9 Å². The molecule has 0 aliphatic heterocycles. The number of nitrogens with zero attached hydrogens (tertiary/aromatic N) is 2. The highest BCUT2D eigenvalue weighted by Gasteiger charge is 2.16. The molecule has 0 aliphatic rings. The quantitative estimate of drug-likeness (QED) is 0.596. The molecule has 0 fully saturated rings. The molecule has 4 aromatic rings. The fraction of sp³-hybridized carbons (Fsp3) is 0.158. The van der Waals surface area contributed by atoms with Crippen LogP contribution in [0.3, 0.4) is 0 Å². The Kier molecular flexibility index (Phi) is 3.96. The second-order valence-corrected chi connectivity index (χ2v) is 5.79. The molecule has 3 aromatic heterocycles. The van der Waals surface area contributed by atoms with Crippen LogP contribution >= 0.6 is 0 Å². The van der Waals surface area contributed by atoms with E-state index in [2.05, 4.69) is 10.4 Å². The Labute approximate surface area is 149 Å². The van der Waals surface area contributed by atoms with Gasteiger partial charge in [0.2, 0.25) is 0 Å². The van der Waals surface area contributed by atoms with Gasteiger partial charge in [0.05, 0.1) is 25.6 Å². The van der Waals surface area contributed by atoms with E-state index in [4.69, 9.17) is 13.6 Å². The van der Waals surface area contributed by atoms with Crippen LogP contribution in [0.4, 0.5) is 0 Å². The summed E-state index contributed by atoms with van der Waals surface area (Å²) in [5.74, 6) is 1.23. The molecule has 132 valence electrons. The van der Waals surface area contributed by atoms with Gasteiger partial charge < -0.3 is 18.9 Å². The number of hydrogen-bond acceptors (Lipinski definition) is 5. The third-order valence-corrected chi connectivity index (χ3v) is 4.09. The van der Waals surface area contributed by atoms with Crippen LogP contribution in [0.15, 0.2) is 57.6 Å². The molecule has 0 unspecified atom stereocenters. The van der Waals surface area contributed by atoms with Gasteiger partial charge in [-0.3, -0.25) is 9.48 Å². The zero-order valence-electron chi connectivity index (χ0n) is 14.4. The van der Waals surface area contributed by atoms with Crippen LogP contribution in [-0.2, 0) is 13.6 Å². The molecule has 0 saturated carbocycles. The molecule has 0 spiro atoms. The van der Waals surface area contributed by atoms with Crippen LogP contribution in [0.25, 0.3) is 22.4 Å². The van der Waals surface area contributed by atoms with Gasteiger partial charge in [0.1, 0.15) is 5.69 Å². The van der Waals surface area contributed by atoms with E-state index in [1.165, 1.54) is 0 Å². The smallest absolute Gasteiger partial charge is 0.287 e. The Hall–Kier alpha value is -3.48. The number of carbonyl (C=O) groups is 1. The van der Waals surface area contributed by atoms with Crippen LogP contribution in [0.5, 0.6) is 5.75 Å². The van der Waals surface area contributed by atoms with Gasteiger partial charge >= 0.3 is 0 Å². The van der Waals surface area contributed by atoms with E-state index in [-0.39, 0.29) is 18.2 Å². The van der Waals surface area contributed by atoms with E-state index < -0.39 is 0 Å². The van der Waals surface area contributed by atoms with Crippen molar-refractivity contribution in [2.75, 3.05) is 7.11 Å². The first-order chi connectivity index (χ1) is 12.7. The van der Waals surface area contributed by atoms with Gasteiger partial charge in [0.25, 0.3) is 5.91 Å². The number of ether oxygens (including phenoxy) is 1. The summed E-state index contributed by atoms with van der Waals surface area (Å²) in [6, 6.07) is 12.8. The Morgan fingerprint density at radius 3 is 2.92 bits per heavy atom. The van der Waals surface area contributed by atoms with Gasteiger partial charge in [-0.2, -0.15) is 5.10 Å². The van der Waals surface area contributed by atoms with Crippen molar-refractivity contribution in [2.24, 2.45) is 7.05 Å². The lowest BCUT2D eigenvalue weighted by Crippen LogP contribution is -2.22. The Morgan fingerprint density at radius 2 is 2.15 bits per heavy atom. The third kappa shape index (κ3) is 2.83. The van der Waals surface area contributed by atoms with Gasteiger partial charge in [-0.15, -0.1) is 0 Å². The number of fused-ring (bicyclic) bond motifs is 1. The molecule has 0 aliphatic carbocycles. The van der Waals surface area contributed by atoms with Gasteiger partial charge in [-0.25, -0.2) is 0 Å². The number of aromatic nitrogens is 2. The number of benzene rings is 1. The zero-order valence-corrected chi connectivity index (χ0v) is 14.4. The summed E-state index contributed by atoms with van der Waals surface area (Å²) in [6.07, 6.45) is 1.61. The maximum Gasteiger partial charge on any atom is 0.287 e. The summed E-state index contributed by atoms with van der Waals surface area (Å²) in [6.45, 7) is 0.279. The topological polar surface area (TPSA) is 82.4 Å². The molecule has 1 aromatic carbocycles. The molecule has 1 amide bonds. The van der Waals surface area contributed by atoms with Crippen molar-refractivity contribution in [3.8, 4) is 17.2 Å². The molecule has 1 N–H and O–H groups in total. The highest BCUT2D eigenvalue weighted by Crippen LogP contribution is 2.28. The minimum atomic E-state index is -0.312. The van der Waals surface area contributed by atoms with Crippen molar-refractivity contribution in [3.63, 3.8) is 0 Å². The first kappa shape index (κ1) is 16.0. The molecule has 4 rings (SSSR count). The number of amides is 1. The van der Waals surface area contributed by atoms with E-state index in [9.17, 15) is 4.79 Å². The average Bonchev–Trinajstić information content (AvgIpc) is 3.37. The minimum absolute atomic E-state index is 0.228. The first-order valence-corrected chi connectivity index (χ1v) is 8.07. The summed E-state index contributed by atoms with van der Waals surface area (Å²) in [4.78, 5) is 12.4. The molecular weight excluding hydrogens is 334 g/mol. The first-order valence-electron chi connectivity index (χ1n) is 8.07. The standard InChI is InChI=1S/C19H17N3O4/c1-22-14(15-7-4-8-25-15)10-13(21-22)11-20-19(23)17-9-12-5-3-6-16(24-2)18(12)26-17/h3-10H,11H2,1-2H3,(H,20,23). The minimum Gasteiger partial charge on any atom is -0.493 e. The third-order valence-electron chi connectivity index (χ3n) is 4.09. The lowest BCUT2D eigenvalue weighted by molar-refractivity contribution is 0.0924. The van der Waals surface area contributed by atoms with Gasteiger partial charge in [-0.05, 0) is 30.3 Å². The van der Waals surface area contributed by atoms with Gasteiger partial charge in [0.15, 0.2) is 22.9 Å². The molecule has 7 nitrogen and oxygen atoms in total. The van der Waals surface area contributed by atoms with E-state index in [0.717, 1.165) is 22.5 Å². The highest BCUT2D eigenvalue weighted by molar-refractivity contribution is 5.97. The second-order valence-electron chi connectivity index (χ2n) is 5.79. The normalized spacial score (nSPS) is 11.0. The lowest BCUT2D eigenvalue weighted by atomic mass is 10.2. The number of carbonyl (C=O) groups excluding carboxylic acids is 1. The lowest BCUT2D eigenvalue weighted by Gasteiger charge is -2.00. The van der Waals surface area contributed by atoms with E-state index in [1.54, 1.807) is 30.2 Å². The monoisotopic (exact) mass is 351 g/mol. The molecule has 3 heterocycles. The fourth-order valence-electron chi connectivity index (χ4n) is 2.83. The Balaban J connectivity index is 1.50. The van der Waals surface area contributed by atoms with Crippen molar-refractivity contribution in [1.29, 1.82) is 0 Å². The van der Waals surface area contributed by atoms with E-state index >= 15 is 0 Å². The summed E-state index contributed by atoms with van der Waals surface area (Å²) >= 11 is 0. The number of methoxy groups -OCH3 is 1. The fourth-order valence-corrected chi connectivity index (χ4v) is 2.83. The number of nitrogens with one attached hydrogen (secondary N) is 1. The Morgan fingerprint density at radius 1 is 1.27 bits per heavy atom. The van der Waals surface area contributed by atoms with Crippen molar-refractivity contribution in [3.05, 3.63) is 60.2 Å². The molecule has 0 atom stereocenters. The van der Waals surface area contributed by atoms with E-state index in [1.807, 2.05) is 37.4 Å². The van der Waals surface area contributed by atoms with Crippen LogP contribution in [0.2, 0.25) is 0 Å². The molecule has 26 heavy (non-hydrogen) atoms. The highest BCUT2D eigenvalue weighted by atomic mass is 16.5. The number of furan rings is 2. The van der Waals surface area contributed by atoms with Crippen LogP contribution in [-0.4, -0.2) is 22.8 Å². The predicted molar refractivity (Wildman–Crippen MR) is 94.8 cm³/mol. The summed E-state index contributed by atoms with van der Waals surface area (Å²) in [5.41, 5.74) is 2.12. The van der Waals surface area contributed by atoms with E-state index in [0.29, 0.717) is 11.3 Å². The van der Waals surface area contributed by atoms with Crippen LogP contribution in [0.1, 0.15) is 16.2 Å². The zero-order chi connectivity index (χ0) is 18.1. The van der Waals surface area contributed by atoms with Crippen LogP contribution < -0.4 is 10.1 Å². The van der Waals surface area contributed by atoms with Crippen molar-refractivity contribution in [1.82, 2.24) is 15.1 Å². The molecule has 0 bridgehead atoms. The van der Waals surface area contributed by atoms with Crippen molar-refractivity contribution < 1.29 is 18.4 Å². The second kappa shape index (κ2) is 6.44. The van der Waals surface area contributed by atoms with Gasteiger partial charge in [0, 0.05) is 12.4 Å². The molecular formula is C19H17N3O4. The predicted octanol–water partition coefficient (Wildman–Crippen LogP) is 3.36. The number of aryl methyl sites for hydroxylation is 1. The van der Waals surface area contributed by atoms with Crippen molar-refractivity contribution in [2.45, 2.75) is 6.54 Å². The summed E-state index contributed by atoms with van der Waals surface area (Å²) < 4.78 is 18.0. The SMILES string of the molecule is COc1cccc2cc(C(=O)NCc3cc(-c4ccco4)n(C)n3)oc12. The molecule has 7 heteroatoms.